The monoisotopic (exact) mass is 795 g/mol. The number of aliphatic hydroxyl groups excluding tert-OH is 1. The van der Waals surface area contributed by atoms with Crippen molar-refractivity contribution in [3.8, 4) is 0 Å². The van der Waals surface area contributed by atoms with E-state index in [-0.39, 0.29) is 19.2 Å². The quantitative estimate of drug-likeness (QED) is 0.0379. The lowest BCUT2D eigenvalue weighted by atomic mass is 10.1. The van der Waals surface area contributed by atoms with Gasteiger partial charge in [0.25, 0.3) is 0 Å². The Kier molecular flexibility index (Phi) is 48.1. The number of hydrogen-bond donors (Lipinski definition) is 1. The van der Waals surface area contributed by atoms with Crippen LogP contribution in [0, 0.1) is 0 Å². The standard InChI is InChI=1S/C53H94O4/c1-3-5-7-9-11-13-15-17-19-21-23-25-26-27-29-31-33-35-37-39-41-43-45-47-49-56-51-52(50-54)57-53(55)48-46-44-42-40-38-36-34-32-30-28-24-22-20-18-16-14-12-10-8-6-4-2/h15-18,21-24,26-27,30,32,52,54H,3-14,19-20,25,28-29,31,33-51H2,1-2H3/b17-15-,18-16-,23-21-,24-22-,27-26-,32-30-. The Morgan fingerprint density at radius 3 is 1.11 bits per heavy atom. The minimum Gasteiger partial charge on any atom is -0.457 e. The summed E-state index contributed by atoms with van der Waals surface area (Å²) in [7, 11) is 0. The van der Waals surface area contributed by atoms with Gasteiger partial charge in [0, 0.05) is 13.0 Å². The van der Waals surface area contributed by atoms with Gasteiger partial charge in [0.15, 0.2) is 0 Å². The third-order valence-electron chi connectivity index (χ3n) is 10.5. The van der Waals surface area contributed by atoms with E-state index in [2.05, 4.69) is 86.8 Å². The van der Waals surface area contributed by atoms with E-state index in [4.69, 9.17) is 9.47 Å². The normalized spacial score (nSPS) is 13.0. The first-order valence-electron chi connectivity index (χ1n) is 24.5. The van der Waals surface area contributed by atoms with E-state index in [9.17, 15) is 9.90 Å². The van der Waals surface area contributed by atoms with Crippen molar-refractivity contribution in [2.75, 3.05) is 19.8 Å². The molecule has 0 fully saturated rings. The number of unbranched alkanes of at least 4 members (excludes halogenated alkanes) is 25. The minimum atomic E-state index is -0.549. The van der Waals surface area contributed by atoms with Crippen LogP contribution in [0.1, 0.15) is 232 Å². The lowest BCUT2D eigenvalue weighted by Crippen LogP contribution is -2.27. The zero-order valence-electron chi connectivity index (χ0n) is 37.8. The van der Waals surface area contributed by atoms with Gasteiger partial charge in [-0.3, -0.25) is 4.79 Å². The summed E-state index contributed by atoms with van der Waals surface area (Å²) in [4.78, 5) is 12.2. The zero-order chi connectivity index (χ0) is 41.2. The van der Waals surface area contributed by atoms with Gasteiger partial charge in [-0.2, -0.15) is 0 Å². The Hall–Kier alpha value is -2.17. The number of rotatable bonds is 45. The van der Waals surface area contributed by atoms with Crippen LogP contribution < -0.4 is 0 Å². The number of carbonyl (C=O) groups excluding carboxylic acids is 1. The Balaban J connectivity index is 3.48. The van der Waals surface area contributed by atoms with Crippen molar-refractivity contribution in [3.63, 3.8) is 0 Å². The molecule has 330 valence electrons. The Morgan fingerprint density at radius 1 is 0.421 bits per heavy atom. The van der Waals surface area contributed by atoms with Crippen LogP contribution in [-0.4, -0.2) is 37.0 Å². The molecule has 4 nitrogen and oxygen atoms in total. The molecule has 0 aromatic rings. The van der Waals surface area contributed by atoms with Crippen molar-refractivity contribution in [1.82, 2.24) is 0 Å². The summed E-state index contributed by atoms with van der Waals surface area (Å²) in [6.07, 6.45) is 68.3. The summed E-state index contributed by atoms with van der Waals surface area (Å²) < 4.78 is 11.2. The molecule has 57 heavy (non-hydrogen) atoms. The molecular weight excluding hydrogens is 701 g/mol. The van der Waals surface area contributed by atoms with Crippen LogP contribution in [0.25, 0.3) is 0 Å². The van der Waals surface area contributed by atoms with Crippen molar-refractivity contribution in [2.24, 2.45) is 0 Å². The average molecular weight is 795 g/mol. The highest BCUT2D eigenvalue weighted by molar-refractivity contribution is 5.69. The van der Waals surface area contributed by atoms with Crippen molar-refractivity contribution >= 4 is 5.97 Å². The summed E-state index contributed by atoms with van der Waals surface area (Å²) in [6.45, 7) is 5.30. The lowest BCUT2D eigenvalue weighted by Gasteiger charge is -2.15. The van der Waals surface area contributed by atoms with Crippen molar-refractivity contribution in [1.29, 1.82) is 0 Å². The van der Waals surface area contributed by atoms with Crippen LogP contribution in [0.4, 0.5) is 0 Å². The van der Waals surface area contributed by atoms with Crippen molar-refractivity contribution < 1.29 is 19.4 Å². The van der Waals surface area contributed by atoms with E-state index in [0.29, 0.717) is 13.0 Å². The van der Waals surface area contributed by atoms with Gasteiger partial charge in [-0.25, -0.2) is 0 Å². The molecule has 4 heteroatoms. The van der Waals surface area contributed by atoms with Crippen LogP contribution >= 0.6 is 0 Å². The van der Waals surface area contributed by atoms with E-state index in [0.717, 1.165) is 57.8 Å². The topological polar surface area (TPSA) is 55.8 Å². The average Bonchev–Trinajstić information content (AvgIpc) is 3.22. The Morgan fingerprint density at radius 2 is 0.737 bits per heavy atom. The molecule has 0 radical (unpaired) electrons. The number of esters is 1. The van der Waals surface area contributed by atoms with Gasteiger partial charge in [0.2, 0.25) is 0 Å². The van der Waals surface area contributed by atoms with Crippen LogP contribution in [0.15, 0.2) is 72.9 Å². The summed E-state index contributed by atoms with van der Waals surface area (Å²) >= 11 is 0. The first-order valence-corrected chi connectivity index (χ1v) is 24.5. The molecule has 1 N–H and O–H groups in total. The van der Waals surface area contributed by atoms with Crippen LogP contribution in [0.3, 0.4) is 0 Å². The predicted molar refractivity (Wildman–Crippen MR) is 251 cm³/mol. The molecule has 0 aliphatic rings. The van der Waals surface area contributed by atoms with Crippen molar-refractivity contribution in [2.45, 2.75) is 238 Å². The molecule has 0 aliphatic carbocycles. The fraction of sp³-hybridized carbons (Fsp3) is 0.755. The Bertz CT molecular complexity index is 973. The first-order chi connectivity index (χ1) is 28.2. The number of hydrogen-bond acceptors (Lipinski definition) is 4. The van der Waals surface area contributed by atoms with E-state index in [1.807, 2.05) is 0 Å². The molecule has 0 saturated carbocycles. The molecule has 0 spiro atoms. The number of ether oxygens (including phenoxy) is 2. The van der Waals surface area contributed by atoms with E-state index >= 15 is 0 Å². The molecule has 0 aromatic heterocycles. The maximum Gasteiger partial charge on any atom is 0.306 e. The van der Waals surface area contributed by atoms with Crippen LogP contribution in [0.5, 0.6) is 0 Å². The zero-order valence-corrected chi connectivity index (χ0v) is 37.8. The van der Waals surface area contributed by atoms with Gasteiger partial charge in [-0.1, -0.05) is 209 Å². The van der Waals surface area contributed by atoms with E-state index in [1.54, 1.807) is 0 Å². The molecule has 0 aromatic carbocycles. The van der Waals surface area contributed by atoms with Gasteiger partial charge >= 0.3 is 5.97 Å². The Labute approximate surface area is 355 Å². The summed E-state index contributed by atoms with van der Waals surface area (Å²) in [5.74, 6) is -0.215. The molecule has 0 rings (SSSR count). The maximum absolute atomic E-state index is 12.2. The SMILES string of the molecule is CCCCCCC/C=C\C/C=C\C/C=C\CCCCCCCCCCCOCC(CO)OC(=O)CCCCCCCC/C=C\C/C=C\C/C=C\CCCCCCC. The summed E-state index contributed by atoms with van der Waals surface area (Å²) in [5.41, 5.74) is 0. The molecule has 0 aliphatic heterocycles. The lowest BCUT2D eigenvalue weighted by molar-refractivity contribution is -0.154. The number of allylic oxidation sites excluding steroid dienone is 12. The molecule has 0 saturated heterocycles. The van der Waals surface area contributed by atoms with E-state index in [1.165, 1.54) is 154 Å². The van der Waals surface area contributed by atoms with Gasteiger partial charge in [0.05, 0.1) is 13.2 Å². The first kappa shape index (κ1) is 54.8. The second-order valence-electron chi connectivity index (χ2n) is 16.2. The van der Waals surface area contributed by atoms with Gasteiger partial charge in [-0.15, -0.1) is 0 Å². The third-order valence-corrected chi connectivity index (χ3v) is 10.5. The van der Waals surface area contributed by atoms with Crippen molar-refractivity contribution in [3.05, 3.63) is 72.9 Å². The summed E-state index contributed by atoms with van der Waals surface area (Å²) in [5, 5.41) is 9.64. The van der Waals surface area contributed by atoms with Crippen LogP contribution in [0.2, 0.25) is 0 Å². The molecule has 1 atom stereocenters. The molecule has 0 heterocycles. The van der Waals surface area contributed by atoms with Gasteiger partial charge in [0.1, 0.15) is 6.10 Å². The molecule has 0 amide bonds. The predicted octanol–water partition coefficient (Wildman–Crippen LogP) is 16.5. The molecule has 1 unspecified atom stereocenters. The number of carbonyl (C=O) groups is 1. The van der Waals surface area contributed by atoms with Gasteiger partial charge in [-0.05, 0) is 89.9 Å². The second kappa shape index (κ2) is 50.0. The maximum atomic E-state index is 12.2. The van der Waals surface area contributed by atoms with E-state index < -0.39 is 6.10 Å². The number of aliphatic hydroxyl groups is 1. The third kappa shape index (κ3) is 48.1. The minimum absolute atomic E-state index is 0.182. The fourth-order valence-electron chi connectivity index (χ4n) is 6.81. The second-order valence-corrected chi connectivity index (χ2v) is 16.2. The molecular formula is C53H94O4. The summed E-state index contributed by atoms with van der Waals surface area (Å²) in [6, 6.07) is 0. The molecule has 0 bridgehead atoms. The smallest absolute Gasteiger partial charge is 0.306 e. The highest BCUT2D eigenvalue weighted by Gasteiger charge is 2.13. The van der Waals surface area contributed by atoms with Crippen LogP contribution in [-0.2, 0) is 14.3 Å². The highest BCUT2D eigenvalue weighted by Crippen LogP contribution is 2.13. The fourth-order valence-corrected chi connectivity index (χ4v) is 6.81. The largest absolute Gasteiger partial charge is 0.457 e. The highest BCUT2D eigenvalue weighted by atomic mass is 16.6. The van der Waals surface area contributed by atoms with Gasteiger partial charge < -0.3 is 14.6 Å².